The number of esters is 1. The summed E-state index contributed by atoms with van der Waals surface area (Å²) in [5, 5.41) is 10.3. The lowest BCUT2D eigenvalue weighted by Gasteiger charge is -2.21. The molecule has 1 saturated carbocycles. The molecule has 0 saturated heterocycles. The minimum Gasteiger partial charge on any atom is -0.462 e. The van der Waals surface area contributed by atoms with Crippen LogP contribution in [0, 0.1) is 0 Å². The molecule has 1 aromatic carbocycles. The second-order valence-electron chi connectivity index (χ2n) is 6.11. The van der Waals surface area contributed by atoms with Crippen LogP contribution in [-0.4, -0.2) is 32.4 Å². The zero-order chi connectivity index (χ0) is 16.4. The van der Waals surface area contributed by atoms with E-state index in [1.807, 2.05) is 34.7 Å². The molecule has 0 bridgehead atoms. The molecule has 2 aromatic heterocycles. The number of rotatable bonds is 4. The largest absolute Gasteiger partial charge is 0.462 e. The van der Waals surface area contributed by atoms with Gasteiger partial charge in [0.25, 0.3) is 0 Å². The van der Waals surface area contributed by atoms with Crippen molar-refractivity contribution in [3.05, 3.63) is 36.4 Å². The Balaban J connectivity index is 1.50. The van der Waals surface area contributed by atoms with Gasteiger partial charge in [-0.15, -0.1) is 10.2 Å². The summed E-state index contributed by atoms with van der Waals surface area (Å²) in [6.07, 6.45) is 5.66. The van der Waals surface area contributed by atoms with Crippen molar-refractivity contribution in [2.45, 2.75) is 43.4 Å². The van der Waals surface area contributed by atoms with E-state index in [1.54, 1.807) is 0 Å². The maximum absolute atomic E-state index is 12.1. The summed E-state index contributed by atoms with van der Waals surface area (Å²) >= 11 is 1.38. The van der Waals surface area contributed by atoms with E-state index in [-0.39, 0.29) is 17.8 Å². The molecule has 6 heteroatoms. The Morgan fingerprint density at radius 1 is 1.12 bits per heavy atom. The first-order valence-electron chi connectivity index (χ1n) is 8.36. The van der Waals surface area contributed by atoms with Crippen molar-refractivity contribution in [2.24, 2.45) is 0 Å². The van der Waals surface area contributed by atoms with Crippen LogP contribution in [0.5, 0.6) is 0 Å². The zero-order valence-electron chi connectivity index (χ0n) is 13.4. The Bertz CT molecular complexity index is 871. The highest BCUT2D eigenvalue weighted by Gasteiger charge is 2.18. The van der Waals surface area contributed by atoms with Gasteiger partial charge in [0.15, 0.2) is 10.8 Å². The number of nitrogens with zero attached hydrogens (tertiary/aromatic N) is 3. The minimum atomic E-state index is -0.163. The van der Waals surface area contributed by atoms with Crippen molar-refractivity contribution in [1.82, 2.24) is 14.6 Å². The van der Waals surface area contributed by atoms with Gasteiger partial charge in [-0.05, 0) is 49.3 Å². The monoisotopic (exact) mass is 341 g/mol. The molecule has 124 valence electrons. The van der Waals surface area contributed by atoms with Crippen LogP contribution in [-0.2, 0) is 9.53 Å². The summed E-state index contributed by atoms with van der Waals surface area (Å²) in [6, 6.07) is 12.1. The van der Waals surface area contributed by atoms with Gasteiger partial charge in [0.05, 0.1) is 11.3 Å². The lowest BCUT2D eigenvalue weighted by molar-refractivity contribution is -0.147. The number of carbonyl (C=O) groups excluding carboxylic acids is 1. The molecule has 0 radical (unpaired) electrons. The van der Waals surface area contributed by atoms with E-state index in [9.17, 15) is 4.79 Å². The van der Waals surface area contributed by atoms with Crippen molar-refractivity contribution in [3.63, 3.8) is 0 Å². The molecule has 24 heavy (non-hydrogen) atoms. The minimum absolute atomic E-state index is 0.0998. The molecule has 4 rings (SSSR count). The molecule has 0 N–H and O–H groups in total. The number of fused-ring (bicyclic) bond motifs is 3. The van der Waals surface area contributed by atoms with Crippen molar-refractivity contribution in [1.29, 1.82) is 0 Å². The van der Waals surface area contributed by atoms with E-state index in [0.29, 0.717) is 0 Å². The molecule has 0 atom stereocenters. The second kappa shape index (κ2) is 6.81. The van der Waals surface area contributed by atoms with Gasteiger partial charge in [0.1, 0.15) is 6.10 Å². The van der Waals surface area contributed by atoms with E-state index in [0.717, 1.165) is 47.4 Å². The second-order valence-corrected chi connectivity index (χ2v) is 7.05. The quantitative estimate of drug-likeness (QED) is 0.533. The van der Waals surface area contributed by atoms with Gasteiger partial charge >= 0.3 is 5.97 Å². The highest BCUT2D eigenvalue weighted by atomic mass is 32.2. The van der Waals surface area contributed by atoms with Crippen LogP contribution in [0.1, 0.15) is 32.1 Å². The fraction of sp³-hybridized carbons (Fsp3) is 0.389. The first kappa shape index (κ1) is 15.4. The third-order valence-corrected chi connectivity index (χ3v) is 5.32. The summed E-state index contributed by atoms with van der Waals surface area (Å²) in [5.74, 6) is 0.101. The fourth-order valence-electron chi connectivity index (χ4n) is 3.23. The lowest BCUT2D eigenvalue weighted by atomic mass is 9.98. The Hall–Kier alpha value is -2.08. The van der Waals surface area contributed by atoms with Crippen LogP contribution in [0.4, 0.5) is 0 Å². The molecular formula is C18H19N3O2S. The standard InChI is InChI=1S/C18H19N3O2S/c22-17(23-14-7-2-1-3-8-14)12-24-18-20-19-16-11-10-13-6-4-5-9-15(13)21(16)18/h4-6,9-11,14H,1-3,7-8,12H2. The third-order valence-electron chi connectivity index (χ3n) is 4.42. The first-order chi connectivity index (χ1) is 11.8. The van der Waals surface area contributed by atoms with Crippen LogP contribution in [0.2, 0.25) is 0 Å². The average molecular weight is 341 g/mol. The number of ether oxygens (including phenoxy) is 1. The fourth-order valence-corrected chi connectivity index (χ4v) is 3.97. The van der Waals surface area contributed by atoms with E-state index in [4.69, 9.17) is 4.74 Å². The van der Waals surface area contributed by atoms with Crippen LogP contribution in [0.25, 0.3) is 16.6 Å². The van der Waals surface area contributed by atoms with E-state index < -0.39 is 0 Å². The van der Waals surface area contributed by atoms with E-state index in [1.165, 1.54) is 18.2 Å². The molecule has 1 aliphatic rings. The molecule has 2 heterocycles. The molecule has 5 nitrogen and oxygen atoms in total. The van der Waals surface area contributed by atoms with Gasteiger partial charge in [-0.2, -0.15) is 0 Å². The van der Waals surface area contributed by atoms with Crippen molar-refractivity contribution < 1.29 is 9.53 Å². The highest BCUT2D eigenvalue weighted by Crippen LogP contribution is 2.24. The topological polar surface area (TPSA) is 56.5 Å². The van der Waals surface area contributed by atoms with Gasteiger partial charge in [-0.3, -0.25) is 9.20 Å². The number of para-hydroxylation sites is 1. The molecule has 0 aliphatic heterocycles. The summed E-state index contributed by atoms with van der Waals surface area (Å²) in [6.45, 7) is 0. The molecule has 0 spiro atoms. The molecular weight excluding hydrogens is 322 g/mol. The Labute approximate surface area is 144 Å². The van der Waals surface area contributed by atoms with E-state index in [2.05, 4.69) is 16.3 Å². The maximum Gasteiger partial charge on any atom is 0.316 e. The molecule has 3 aromatic rings. The average Bonchev–Trinajstić information content (AvgIpc) is 3.04. The zero-order valence-corrected chi connectivity index (χ0v) is 14.2. The number of thioether (sulfide) groups is 1. The van der Waals surface area contributed by atoms with Gasteiger partial charge in [0, 0.05) is 0 Å². The normalized spacial score (nSPS) is 15.8. The molecule has 0 unspecified atom stereocenters. The Morgan fingerprint density at radius 2 is 1.96 bits per heavy atom. The third kappa shape index (κ3) is 3.11. The smallest absolute Gasteiger partial charge is 0.316 e. The highest BCUT2D eigenvalue weighted by molar-refractivity contribution is 7.99. The van der Waals surface area contributed by atoms with Crippen LogP contribution < -0.4 is 0 Å². The van der Waals surface area contributed by atoms with Crippen molar-refractivity contribution >= 4 is 34.3 Å². The van der Waals surface area contributed by atoms with Crippen molar-refractivity contribution in [2.75, 3.05) is 5.75 Å². The van der Waals surface area contributed by atoms with Crippen LogP contribution in [0.3, 0.4) is 0 Å². The van der Waals surface area contributed by atoms with Gasteiger partial charge in [0.2, 0.25) is 0 Å². The molecule has 0 amide bonds. The van der Waals surface area contributed by atoms with Crippen LogP contribution in [0.15, 0.2) is 41.6 Å². The lowest BCUT2D eigenvalue weighted by Crippen LogP contribution is -2.22. The number of hydrogen-bond donors (Lipinski definition) is 0. The number of benzene rings is 1. The number of aromatic nitrogens is 3. The summed E-state index contributed by atoms with van der Waals surface area (Å²) < 4.78 is 7.57. The van der Waals surface area contributed by atoms with E-state index >= 15 is 0 Å². The van der Waals surface area contributed by atoms with Gasteiger partial charge < -0.3 is 4.74 Å². The van der Waals surface area contributed by atoms with Crippen molar-refractivity contribution in [3.8, 4) is 0 Å². The first-order valence-corrected chi connectivity index (χ1v) is 9.35. The maximum atomic E-state index is 12.1. The molecule has 1 aliphatic carbocycles. The summed E-state index contributed by atoms with van der Waals surface area (Å²) in [5.41, 5.74) is 1.83. The molecule has 1 fully saturated rings. The van der Waals surface area contributed by atoms with Crippen LogP contribution >= 0.6 is 11.8 Å². The predicted octanol–water partition coefficient (Wildman–Crippen LogP) is 3.85. The van der Waals surface area contributed by atoms with Gasteiger partial charge in [-0.1, -0.05) is 36.4 Å². The Morgan fingerprint density at radius 3 is 2.83 bits per heavy atom. The number of pyridine rings is 1. The SMILES string of the molecule is O=C(CSc1nnc2ccc3ccccc3n12)OC1CCCCC1. The summed E-state index contributed by atoms with van der Waals surface area (Å²) in [7, 11) is 0. The van der Waals surface area contributed by atoms with Gasteiger partial charge in [-0.25, -0.2) is 0 Å². The Kier molecular flexibility index (Phi) is 4.38. The predicted molar refractivity (Wildman–Crippen MR) is 94.2 cm³/mol. The number of hydrogen-bond acceptors (Lipinski definition) is 5. The number of carbonyl (C=O) groups is 1. The summed E-state index contributed by atoms with van der Waals surface area (Å²) in [4.78, 5) is 12.1.